The topological polar surface area (TPSA) is 35.2 Å². The van der Waals surface area contributed by atoms with Crippen LogP contribution in [0.2, 0.25) is 0 Å². The Morgan fingerprint density at radius 2 is 2.21 bits per heavy atom. The molecule has 3 heteroatoms. The summed E-state index contributed by atoms with van der Waals surface area (Å²) >= 11 is 0. The van der Waals surface area contributed by atoms with E-state index >= 15 is 0 Å². The summed E-state index contributed by atoms with van der Waals surface area (Å²) in [5, 5.41) is 0. The molecule has 76 valence electrons. The molecule has 2 N–H and O–H groups in total. The second-order valence-corrected chi connectivity index (χ2v) is 3.33. The molecule has 0 aliphatic carbocycles. The molecule has 0 fully saturated rings. The first-order valence-corrected chi connectivity index (χ1v) is 4.27. The first-order valence-electron chi connectivity index (χ1n) is 4.27. The highest BCUT2D eigenvalue weighted by atomic mass is 19.1. The van der Waals surface area contributed by atoms with Crippen LogP contribution in [0.5, 0.6) is 5.75 Å². The lowest BCUT2D eigenvalue weighted by Gasteiger charge is -2.22. The number of rotatable bonds is 3. The van der Waals surface area contributed by atoms with Gasteiger partial charge in [-0.1, -0.05) is 6.08 Å². The highest BCUT2D eigenvalue weighted by molar-refractivity contribution is 5.41. The van der Waals surface area contributed by atoms with E-state index in [-0.39, 0.29) is 5.82 Å². The fourth-order valence-electron chi connectivity index (χ4n) is 1.21. The minimum Gasteiger partial charge on any atom is -0.496 e. The van der Waals surface area contributed by atoms with Gasteiger partial charge in [-0.2, -0.15) is 0 Å². The van der Waals surface area contributed by atoms with Crippen molar-refractivity contribution < 1.29 is 9.13 Å². The molecule has 0 saturated heterocycles. The van der Waals surface area contributed by atoms with Crippen molar-refractivity contribution in [3.05, 3.63) is 42.2 Å². The number of hydrogen-bond acceptors (Lipinski definition) is 2. The molecule has 2 nitrogen and oxygen atoms in total. The Balaban J connectivity index is 3.30. The zero-order chi connectivity index (χ0) is 10.8. The Bertz CT molecular complexity index is 347. The van der Waals surface area contributed by atoms with E-state index in [4.69, 9.17) is 10.5 Å². The largest absolute Gasteiger partial charge is 0.496 e. The van der Waals surface area contributed by atoms with Gasteiger partial charge in [0.2, 0.25) is 0 Å². The van der Waals surface area contributed by atoms with Gasteiger partial charge in [-0.25, -0.2) is 4.39 Å². The van der Waals surface area contributed by atoms with Crippen LogP contribution in [0.15, 0.2) is 30.9 Å². The molecule has 1 rings (SSSR count). The highest BCUT2D eigenvalue weighted by Crippen LogP contribution is 2.29. The summed E-state index contributed by atoms with van der Waals surface area (Å²) in [5.41, 5.74) is 5.73. The van der Waals surface area contributed by atoms with Crippen molar-refractivity contribution in [2.45, 2.75) is 12.5 Å². The smallest absolute Gasteiger partial charge is 0.124 e. The molecule has 1 atom stereocenters. The Morgan fingerprint density at radius 3 is 2.71 bits per heavy atom. The molecule has 0 heterocycles. The summed E-state index contributed by atoms with van der Waals surface area (Å²) in [7, 11) is 1.52. The third-order valence-corrected chi connectivity index (χ3v) is 2.17. The van der Waals surface area contributed by atoms with E-state index in [0.29, 0.717) is 11.3 Å². The fraction of sp³-hybridized carbons (Fsp3) is 0.273. The molecule has 1 aromatic rings. The van der Waals surface area contributed by atoms with E-state index in [9.17, 15) is 4.39 Å². The lowest BCUT2D eigenvalue weighted by atomic mass is 9.92. The Kier molecular flexibility index (Phi) is 2.91. The van der Waals surface area contributed by atoms with E-state index < -0.39 is 5.54 Å². The van der Waals surface area contributed by atoms with Crippen molar-refractivity contribution in [3.63, 3.8) is 0 Å². The number of hydrogen-bond donors (Lipinski definition) is 1. The van der Waals surface area contributed by atoms with Gasteiger partial charge in [0.15, 0.2) is 0 Å². The second kappa shape index (κ2) is 3.80. The molecule has 0 aliphatic rings. The maximum absolute atomic E-state index is 13.0. The minimum absolute atomic E-state index is 0.334. The van der Waals surface area contributed by atoms with Crippen LogP contribution in [0, 0.1) is 5.82 Å². The maximum Gasteiger partial charge on any atom is 0.124 e. The van der Waals surface area contributed by atoms with Gasteiger partial charge in [-0.3, -0.25) is 0 Å². The van der Waals surface area contributed by atoms with E-state index in [1.54, 1.807) is 19.1 Å². The van der Waals surface area contributed by atoms with Gasteiger partial charge in [0.05, 0.1) is 12.6 Å². The average molecular weight is 195 g/mol. The molecule has 1 unspecified atom stereocenters. The van der Waals surface area contributed by atoms with Gasteiger partial charge in [0.25, 0.3) is 0 Å². The molecule has 0 amide bonds. The maximum atomic E-state index is 13.0. The molecular formula is C11H14FNO. The number of methoxy groups -OCH3 is 1. The summed E-state index contributed by atoms with van der Waals surface area (Å²) in [6.45, 7) is 5.36. The van der Waals surface area contributed by atoms with Crippen LogP contribution in [0.3, 0.4) is 0 Å². The molecule has 14 heavy (non-hydrogen) atoms. The third kappa shape index (κ3) is 1.93. The average Bonchev–Trinajstić information content (AvgIpc) is 2.18. The zero-order valence-electron chi connectivity index (χ0n) is 8.38. The van der Waals surface area contributed by atoms with Crippen molar-refractivity contribution in [2.75, 3.05) is 7.11 Å². The van der Waals surface area contributed by atoms with Gasteiger partial charge in [-0.05, 0) is 25.1 Å². The molecular weight excluding hydrogens is 181 g/mol. The van der Waals surface area contributed by atoms with E-state index in [0.717, 1.165) is 0 Å². The van der Waals surface area contributed by atoms with Gasteiger partial charge in [0.1, 0.15) is 11.6 Å². The van der Waals surface area contributed by atoms with Crippen LogP contribution in [0.1, 0.15) is 12.5 Å². The van der Waals surface area contributed by atoms with Crippen LogP contribution < -0.4 is 10.5 Å². The monoisotopic (exact) mass is 195 g/mol. The van der Waals surface area contributed by atoms with Crippen molar-refractivity contribution in [1.82, 2.24) is 0 Å². The summed E-state index contributed by atoms with van der Waals surface area (Å²) in [6.07, 6.45) is 1.56. The number of ether oxygens (including phenoxy) is 1. The highest BCUT2D eigenvalue weighted by Gasteiger charge is 2.21. The van der Waals surface area contributed by atoms with E-state index in [1.165, 1.54) is 19.2 Å². The summed E-state index contributed by atoms with van der Waals surface area (Å²) in [5.74, 6) is 0.232. The van der Waals surface area contributed by atoms with Crippen LogP contribution in [0.4, 0.5) is 4.39 Å². The lowest BCUT2D eigenvalue weighted by Crippen LogP contribution is -2.30. The Labute approximate surface area is 83.2 Å². The van der Waals surface area contributed by atoms with Crippen molar-refractivity contribution in [2.24, 2.45) is 5.73 Å². The molecule has 1 aromatic carbocycles. The quantitative estimate of drug-likeness (QED) is 0.750. The van der Waals surface area contributed by atoms with Crippen LogP contribution >= 0.6 is 0 Å². The van der Waals surface area contributed by atoms with Gasteiger partial charge in [0, 0.05) is 5.56 Å². The molecule has 0 spiro atoms. The Morgan fingerprint density at radius 1 is 1.57 bits per heavy atom. The SMILES string of the molecule is C=CC(C)(N)c1cc(F)ccc1OC. The zero-order valence-corrected chi connectivity index (χ0v) is 8.38. The number of nitrogens with two attached hydrogens (primary N) is 1. The molecule has 0 aliphatic heterocycles. The Hall–Kier alpha value is -1.35. The van der Waals surface area contributed by atoms with Crippen LogP contribution in [-0.2, 0) is 5.54 Å². The predicted molar refractivity (Wildman–Crippen MR) is 54.7 cm³/mol. The summed E-state index contributed by atoms with van der Waals surface area (Å²) < 4.78 is 18.1. The fourth-order valence-corrected chi connectivity index (χ4v) is 1.21. The van der Waals surface area contributed by atoms with Crippen molar-refractivity contribution >= 4 is 0 Å². The molecule has 0 radical (unpaired) electrons. The first-order chi connectivity index (χ1) is 6.51. The molecule has 0 aromatic heterocycles. The third-order valence-electron chi connectivity index (χ3n) is 2.17. The normalized spacial score (nSPS) is 14.6. The van der Waals surface area contributed by atoms with Gasteiger partial charge >= 0.3 is 0 Å². The minimum atomic E-state index is -0.784. The number of halogens is 1. The summed E-state index contributed by atoms with van der Waals surface area (Å²) in [6, 6.07) is 4.25. The predicted octanol–water partition coefficient (Wildman–Crippen LogP) is 2.19. The second-order valence-electron chi connectivity index (χ2n) is 3.33. The van der Waals surface area contributed by atoms with E-state index in [1.807, 2.05) is 0 Å². The number of benzene rings is 1. The van der Waals surface area contributed by atoms with Crippen LogP contribution in [-0.4, -0.2) is 7.11 Å². The van der Waals surface area contributed by atoms with Gasteiger partial charge < -0.3 is 10.5 Å². The summed E-state index contributed by atoms with van der Waals surface area (Å²) in [4.78, 5) is 0. The van der Waals surface area contributed by atoms with Crippen molar-refractivity contribution in [3.8, 4) is 5.75 Å². The lowest BCUT2D eigenvalue weighted by molar-refractivity contribution is 0.398. The van der Waals surface area contributed by atoms with Crippen molar-refractivity contribution in [1.29, 1.82) is 0 Å². The first kappa shape index (κ1) is 10.7. The molecule has 0 saturated carbocycles. The standard InChI is InChI=1S/C11H14FNO/c1-4-11(2,13)9-7-8(12)5-6-10(9)14-3/h4-7H,1,13H2,2-3H3. The van der Waals surface area contributed by atoms with Crippen LogP contribution in [0.25, 0.3) is 0 Å². The molecule has 0 bridgehead atoms. The van der Waals surface area contributed by atoms with Gasteiger partial charge in [-0.15, -0.1) is 6.58 Å². The van der Waals surface area contributed by atoms with E-state index in [2.05, 4.69) is 6.58 Å².